The third-order valence-electron chi connectivity index (χ3n) is 2.78. The molecule has 102 valence electrons. The van der Waals surface area contributed by atoms with Gasteiger partial charge in [-0.15, -0.1) is 12.4 Å². The molecule has 18 heavy (non-hydrogen) atoms. The summed E-state index contributed by atoms with van der Waals surface area (Å²) in [5.41, 5.74) is 1.18. The second-order valence-electron chi connectivity index (χ2n) is 4.30. The van der Waals surface area contributed by atoms with Crippen LogP contribution >= 0.6 is 12.4 Å². The molecule has 3 nitrogen and oxygen atoms in total. The molecule has 4 heteroatoms. The van der Waals surface area contributed by atoms with Crippen LogP contribution in [0, 0.1) is 6.92 Å². The number of carboxylic acid groups (broad SMARTS) is 1. The summed E-state index contributed by atoms with van der Waals surface area (Å²) in [6.07, 6.45) is 4.43. The molecule has 0 amide bonds. The number of aromatic carboxylic acids is 1. The van der Waals surface area contributed by atoms with Crippen molar-refractivity contribution in [3.63, 3.8) is 0 Å². The zero-order chi connectivity index (χ0) is 12.7. The molecule has 0 bridgehead atoms. The number of aryl methyl sites for hydroxylation is 1. The second-order valence-corrected chi connectivity index (χ2v) is 4.30. The van der Waals surface area contributed by atoms with Gasteiger partial charge in [0.05, 0.1) is 11.7 Å². The van der Waals surface area contributed by atoms with E-state index < -0.39 is 5.97 Å². The summed E-state index contributed by atoms with van der Waals surface area (Å²) in [5, 5.41) is 8.57. The van der Waals surface area contributed by atoms with Gasteiger partial charge in [0, 0.05) is 6.61 Å². The van der Waals surface area contributed by atoms with Crippen LogP contribution in [0.5, 0.6) is 0 Å². The van der Waals surface area contributed by atoms with Crippen molar-refractivity contribution in [2.75, 3.05) is 6.61 Å². The lowest BCUT2D eigenvalue weighted by Crippen LogP contribution is -2.14. The van der Waals surface area contributed by atoms with Gasteiger partial charge in [-0.1, -0.05) is 18.2 Å². The van der Waals surface area contributed by atoms with Crippen molar-refractivity contribution >= 4 is 18.4 Å². The van der Waals surface area contributed by atoms with E-state index in [-0.39, 0.29) is 12.4 Å². The summed E-state index contributed by atoms with van der Waals surface area (Å²) >= 11 is 0. The van der Waals surface area contributed by atoms with Crippen LogP contribution < -0.4 is 0 Å². The summed E-state index contributed by atoms with van der Waals surface area (Å²) < 4.78 is 5.28. The quantitative estimate of drug-likeness (QED) is 0.848. The third kappa shape index (κ3) is 6.03. The second kappa shape index (κ2) is 8.95. The summed E-state index contributed by atoms with van der Waals surface area (Å²) in [6, 6.07) is 6.92. The molecule has 1 heterocycles. The predicted octanol–water partition coefficient (Wildman–Crippen LogP) is 3.69. The van der Waals surface area contributed by atoms with Gasteiger partial charge in [0.1, 0.15) is 0 Å². The fourth-order valence-electron chi connectivity index (χ4n) is 1.71. The Morgan fingerprint density at radius 3 is 2.33 bits per heavy atom. The van der Waals surface area contributed by atoms with Crippen LogP contribution in [0.15, 0.2) is 24.3 Å². The highest BCUT2D eigenvalue weighted by atomic mass is 35.5. The van der Waals surface area contributed by atoms with Crippen molar-refractivity contribution in [3.8, 4) is 0 Å². The molecule has 1 aliphatic heterocycles. The molecule has 2 rings (SSSR count). The van der Waals surface area contributed by atoms with Crippen LogP contribution in [0.4, 0.5) is 0 Å². The van der Waals surface area contributed by atoms with Gasteiger partial charge in [0.15, 0.2) is 0 Å². The molecule has 0 aromatic heterocycles. The summed E-state index contributed by atoms with van der Waals surface area (Å²) in [6.45, 7) is 4.91. The minimum Gasteiger partial charge on any atom is -0.478 e. The van der Waals surface area contributed by atoms with E-state index in [0.717, 1.165) is 12.2 Å². The number of halogens is 1. The number of ether oxygens (including phenoxy) is 1. The predicted molar refractivity (Wildman–Crippen MR) is 74.7 cm³/mol. The highest BCUT2D eigenvalue weighted by Gasteiger charge is 2.05. The Hall–Kier alpha value is -1.06. The monoisotopic (exact) mass is 272 g/mol. The first-order chi connectivity index (χ1) is 8.11. The minimum absolute atomic E-state index is 0. The molecule has 1 atom stereocenters. The SMILES string of the molecule is CC1CCCCO1.Cc1ccccc1C(=O)O.Cl. The normalized spacial score (nSPS) is 18.0. The first-order valence-electron chi connectivity index (χ1n) is 6.02. The highest BCUT2D eigenvalue weighted by Crippen LogP contribution is 2.10. The van der Waals surface area contributed by atoms with E-state index in [1.165, 1.54) is 19.3 Å². The van der Waals surface area contributed by atoms with E-state index >= 15 is 0 Å². The minimum atomic E-state index is -0.863. The van der Waals surface area contributed by atoms with Gasteiger partial charge >= 0.3 is 5.97 Å². The van der Waals surface area contributed by atoms with Crippen LogP contribution in [0.1, 0.15) is 42.1 Å². The Balaban J connectivity index is 0.000000321. The fourth-order valence-corrected chi connectivity index (χ4v) is 1.71. The lowest BCUT2D eigenvalue weighted by molar-refractivity contribution is 0.0285. The molecule has 0 radical (unpaired) electrons. The van der Waals surface area contributed by atoms with Crippen molar-refractivity contribution in [1.82, 2.24) is 0 Å². The molecule has 1 unspecified atom stereocenters. The van der Waals surface area contributed by atoms with Crippen LogP contribution in [0.2, 0.25) is 0 Å². The average Bonchev–Trinajstić information content (AvgIpc) is 2.31. The van der Waals surface area contributed by atoms with Crippen molar-refractivity contribution in [3.05, 3.63) is 35.4 Å². The Labute approximate surface area is 115 Å². The molecule has 1 aliphatic rings. The van der Waals surface area contributed by atoms with E-state index in [2.05, 4.69) is 6.92 Å². The van der Waals surface area contributed by atoms with Crippen LogP contribution in [-0.2, 0) is 4.74 Å². The largest absolute Gasteiger partial charge is 0.478 e. The van der Waals surface area contributed by atoms with Gasteiger partial charge in [0.2, 0.25) is 0 Å². The Morgan fingerprint density at radius 1 is 1.33 bits per heavy atom. The molecule has 0 spiro atoms. The molecule has 0 saturated carbocycles. The average molecular weight is 273 g/mol. The van der Waals surface area contributed by atoms with E-state index in [1.807, 2.05) is 6.07 Å². The molecule has 1 N–H and O–H groups in total. The van der Waals surface area contributed by atoms with Gasteiger partial charge in [-0.25, -0.2) is 4.79 Å². The van der Waals surface area contributed by atoms with Crippen molar-refractivity contribution in [1.29, 1.82) is 0 Å². The summed E-state index contributed by atoms with van der Waals surface area (Å²) in [4.78, 5) is 10.4. The molecule has 1 aromatic carbocycles. The third-order valence-corrected chi connectivity index (χ3v) is 2.78. The van der Waals surface area contributed by atoms with Gasteiger partial charge in [-0.05, 0) is 44.7 Å². The maximum atomic E-state index is 10.4. The first-order valence-corrected chi connectivity index (χ1v) is 6.02. The van der Waals surface area contributed by atoms with Gasteiger partial charge in [-0.2, -0.15) is 0 Å². The molecule has 1 saturated heterocycles. The number of carbonyl (C=O) groups is 1. The topological polar surface area (TPSA) is 46.5 Å². The fraction of sp³-hybridized carbons (Fsp3) is 0.500. The number of benzene rings is 1. The maximum Gasteiger partial charge on any atom is 0.335 e. The van der Waals surface area contributed by atoms with Gasteiger partial charge in [0.25, 0.3) is 0 Å². The van der Waals surface area contributed by atoms with E-state index in [0.29, 0.717) is 11.7 Å². The maximum absolute atomic E-state index is 10.4. The zero-order valence-electron chi connectivity index (χ0n) is 10.9. The Bertz CT molecular complexity index is 360. The first kappa shape index (κ1) is 16.9. The summed E-state index contributed by atoms with van der Waals surface area (Å²) in [7, 11) is 0. The standard InChI is InChI=1S/C8H8O2.C6H12O.ClH/c1-6-4-2-3-5-7(6)8(9)10;1-6-4-2-3-5-7-6;/h2-5H,1H3,(H,9,10);6H,2-5H2,1H3;1H. The number of hydrogen-bond donors (Lipinski definition) is 1. The van der Waals surface area contributed by atoms with E-state index in [9.17, 15) is 4.79 Å². The van der Waals surface area contributed by atoms with Crippen molar-refractivity contribution in [2.24, 2.45) is 0 Å². The van der Waals surface area contributed by atoms with Crippen LogP contribution in [0.25, 0.3) is 0 Å². The molecule has 1 aromatic rings. The van der Waals surface area contributed by atoms with Crippen molar-refractivity contribution in [2.45, 2.75) is 39.2 Å². The lowest BCUT2D eigenvalue weighted by Gasteiger charge is -2.17. The molecular formula is C14H21ClO3. The number of hydrogen-bond acceptors (Lipinski definition) is 2. The zero-order valence-corrected chi connectivity index (χ0v) is 11.7. The lowest BCUT2D eigenvalue weighted by atomic mass is 10.1. The van der Waals surface area contributed by atoms with Gasteiger partial charge in [-0.3, -0.25) is 0 Å². The molecular weight excluding hydrogens is 252 g/mol. The number of carboxylic acids is 1. The Morgan fingerprint density at radius 2 is 2.00 bits per heavy atom. The van der Waals surface area contributed by atoms with Crippen LogP contribution in [0.3, 0.4) is 0 Å². The van der Waals surface area contributed by atoms with E-state index in [1.54, 1.807) is 25.1 Å². The van der Waals surface area contributed by atoms with E-state index in [4.69, 9.17) is 9.84 Å². The molecule has 1 fully saturated rings. The Kier molecular flexibility index (Phi) is 8.42. The molecule has 0 aliphatic carbocycles. The van der Waals surface area contributed by atoms with Gasteiger partial charge < -0.3 is 9.84 Å². The number of rotatable bonds is 1. The highest BCUT2D eigenvalue weighted by molar-refractivity contribution is 5.89. The van der Waals surface area contributed by atoms with Crippen molar-refractivity contribution < 1.29 is 14.6 Å². The smallest absolute Gasteiger partial charge is 0.335 e. The summed E-state index contributed by atoms with van der Waals surface area (Å²) in [5.74, 6) is -0.863. The van der Waals surface area contributed by atoms with Crippen LogP contribution in [-0.4, -0.2) is 23.8 Å².